The number of fused-ring (bicyclic) bond motifs is 5. The molecule has 2 heteroatoms. The predicted octanol–water partition coefficient (Wildman–Crippen LogP) is 6.98. The first-order valence-electron chi connectivity index (χ1n) is 9.82. The van der Waals surface area contributed by atoms with E-state index in [1.807, 2.05) is 10.9 Å². The number of aromatic nitrogens is 1. The van der Waals surface area contributed by atoms with Crippen LogP contribution >= 0.6 is 0 Å². The summed E-state index contributed by atoms with van der Waals surface area (Å²) < 4.78 is 2.05. The molecule has 0 aliphatic heterocycles. The molecule has 29 heavy (non-hydrogen) atoms. The van der Waals surface area contributed by atoms with Crippen LogP contribution in [0.4, 0.5) is 0 Å². The molecule has 0 radical (unpaired) electrons. The fourth-order valence-corrected chi connectivity index (χ4v) is 4.25. The van der Waals surface area contributed by atoms with Crippen LogP contribution in [0.3, 0.4) is 0 Å². The van der Waals surface area contributed by atoms with Crippen LogP contribution < -0.4 is 0 Å². The summed E-state index contributed by atoms with van der Waals surface area (Å²) in [7, 11) is 0. The molecule has 0 saturated heterocycles. The molecule has 136 valence electrons. The van der Waals surface area contributed by atoms with Crippen molar-refractivity contribution in [2.24, 2.45) is 5.10 Å². The van der Waals surface area contributed by atoms with Gasteiger partial charge in [0, 0.05) is 16.3 Å². The zero-order chi connectivity index (χ0) is 19.2. The SMILES string of the molecule is C(=Nn1c2ccccc2c2ccccc21)c1cccc2cc3ccccc3cc12. The van der Waals surface area contributed by atoms with Crippen molar-refractivity contribution in [3.8, 4) is 0 Å². The molecule has 1 heterocycles. The summed E-state index contributed by atoms with van der Waals surface area (Å²) in [5, 5.41) is 12.3. The lowest BCUT2D eigenvalue weighted by molar-refractivity contribution is 0.975. The van der Waals surface area contributed by atoms with Crippen LogP contribution in [0.5, 0.6) is 0 Å². The molecule has 6 rings (SSSR count). The van der Waals surface area contributed by atoms with Crippen molar-refractivity contribution in [3.63, 3.8) is 0 Å². The second-order valence-corrected chi connectivity index (χ2v) is 7.36. The fourth-order valence-electron chi connectivity index (χ4n) is 4.25. The molecule has 0 aliphatic carbocycles. The Morgan fingerprint density at radius 2 is 1.10 bits per heavy atom. The summed E-state index contributed by atoms with van der Waals surface area (Å²) in [6.45, 7) is 0. The minimum absolute atomic E-state index is 1.12. The second kappa shape index (κ2) is 6.32. The highest BCUT2D eigenvalue weighted by Crippen LogP contribution is 2.29. The maximum Gasteiger partial charge on any atom is 0.0732 e. The van der Waals surface area contributed by atoms with Crippen molar-refractivity contribution in [1.82, 2.24) is 4.68 Å². The molecular formula is C27H18N2. The first-order chi connectivity index (χ1) is 14.4. The molecule has 0 fully saturated rings. The number of para-hydroxylation sites is 2. The Bertz CT molecular complexity index is 1500. The third-order valence-corrected chi connectivity index (χ3v) is 5.65. The Morgan fingerprint density at radius 1 is 0.517 bits per heavy atom. The molecule has 0 bridgehead atoms. The molecule has 6 aromatic rings. The number of benzene rings is 5. The molecule has 0 atom stereocenters. The lowest BCUT2D eigenvalue weighted by atomic mass is 10.0. The lowest BCUT2D eigenvalue weighted by Crippen LogP contribution is -1.92. The number of hydrogen-bond acceptors (Lipinski definition) is 1. The van der Waals surface area contributed by atoms with Gasteiger partial charge in [0.1, 0.15) is 0 Å². The lowest BCUT2D eigenvalue weighted by Gasteiger charge is -2.06. The first-order valence-corrected chi connectivity index (χ1v) is 9.82. The smallest absolute Gasteiger partial charge is 0.0732 e. The Morgan fingerprint density at radius 3 is 1.83 bits per heavy atom. The number of nitrogens with zero attached hydrogens (tertiary/aromatic N) is 2. The quantitative estimate of drug-likeness (QED) is 0.231. The summed E-state index contributed by atoms with van der Waals surface area (Å²) in [4.78, 5) is 0. The van der Waals surface area contributed by atoms with Gasteiger partial charge in [0.15, 0.2) is 0 Å². The van der Waals surface area contributed by atoms with E-state index in [0.29, 0.717) is 0 Å². The van der Waals surface area contributed by atoms with Gasteiger partial charge in [-0.3, -0.25) is 0 Å². The molecule has 2 nitrogen and oxygen atoms in total. The van der Waals surface area contributed by atoms with Crippen LogP contribution in [0, 0.1) is 0 Å². The van der Waals surface area contributed by atoms with Crippen LogP contribution in [-0.4, -0.2) is 10.9 Å². The van der Waals surface area contributed by atoms with Gasteiger partial charge >= 0.3 is 0 Å². The van der Waals surface area contributed by atoms with Crippen LogP contribution in [0.2, 0.25) is 0 Å². The largest absolute Gasteiger partial charge is 0.232 e. The van der Waals surface area contributed by atoms with Gasteiger partial charge in [0.2, 0.25) is 0 Å². The predicted molar refractivity (Wildman–Crippen MR) is 124 cm³/mol. The van der Waals surface area contributed by atoms with Crippen molar-refractivity contribution < 1.29 is 0 Å². The van der Waals surface area contributed by atoms with Gasteiger partial charge in [-0.2, -0.15) is 5.10 Å². The molecule has 1 aromatic heterocycles. The van der Waals surface area contributed by atoms with Gasteiger partial charge in [0.25, 0.3) is 0 Å². The highest BCUT2D eigenvalue weighted by atomic mass is 15.3. The van der Waals surface area contributed by atoms with Crippen molar-refractivity contribution in [3.05, 3.63) is 109 Å². The number of rotatable bonds is 2. The van der Waals surface area contributed by atoms with Gasteiger partial charge in [-0.1, -0.05) is 78.9 Å². The molecule has 0 aliphatic rings. The van der Waals surface area contributed by atoms with E-state index in [9.17, 15) is 0 Å². The summed E-state index contributed by atoms with van der Waals surface area (Å²) >= 11 is 0. The Kier molecular flexibility index (Phi) is 3.50. The molecule has 0 N–H and O–H groups in total. The zero-order valence-corrected chi connectivity index (χ0v) is 15.8. The van der Waals surface area contributed by atoms with E-state index >= 15 is 0 Å². The molecule has 0 saturated carbocycles. The second-order valence-electron chi connectivity index (χ2n) is 7.36. The molecule has 5 aromatic carbocycles. The molecular weight excluding hydrogens is 352 g/mol. The zero-order valence-electron chi connectivity index (χ0n) is 15.8. The van der Waals surface area contributed by atoms with Gasteiger partial charge in [-0.25, -0.2) is 4.68 Å². The average Bonchev–Trinajstić information content (AvgIpc) is 3.10. The van der Waals surface area contributed by atoms with Gasteiger partial charge < -0.3 is 0 Å². The topological polar surface area (TPSA) is 17.3 Å². The van der Waals surface area contributed by atoms with Crippen LogP contribution in [-0.2, 0) is 0 Å². The van der Waals surface area contributed by atoms with E-state index in [2.05, 4.69) is 103 Å². The third kappa shape index (κ3) is 2.54. The van der Waals surface area contributed by atoms with Crippen LogP contribution in [0.15, 0.2) is 108 Å². The van der Waals surface area contributed by atoms with Crippen LogP contribution in [0.1, 0.15) is 5.56 Å². The van der Waals surface area contributed by atoms with Crippen molar-refractivity contribution >= 4 is 49.6 Å². The maximum absolute atomic E-state index is 4.91. The van der Waals surface area contributed by atoms with E-state index in [0.717, 1.165) is 16.6 Å². The fraction of sp³-hybridized carbons (Fsp3) is 0. The van der Waals surface area contributed by atoms with E-state index in [1.54, 1.807) is 0 Å². The first kappa shape index (κ1) is 16.1. The minimum Gasteiger partial charge on any atom is -0.232 e. The van der Waals surface area contributed by atoms with Crippen molar-refractivity contribution in [1.29, 1.82) is 0 Å². The maximum atomic E-state index is 4.91. The van der Waals surface area contributed by atoms with E-state index in [1.165, 1.54) is 32.3 Å². The highest BCUT2D eigenvalue weighted by molar-refractivity contribution is 6.09. The summed E-state index contributed by atoms with van der Waals surface area (Å²) in [6.07, 6.45) is 1.98. The normalized spacial score (nSPS) is 12.0. The van der Waals surface area contributed by atoms with E-state index < -0.39 is 0 Å². The van der Waals surface area contributed by atoms with Crippen LogP contribution in [0.25, 0.3) is 43.4 Å². The minimum atomic E-state index is 1.12. The van der Waals surface area contributed by atoms with E-state index in [-0.39, 0.29) is 0 Å². The van der Waals surface area contributed by atoms with Crippen molar-refractivity contribution in [2.75, 3.05) is 0 Å². The van der Waals surface area contributed by atoms with Gasteiger partial charge in [-0.15, -0.1) is 0 Å². The Hall–Kier alpha value is -3.91. The molecule has 0 unspecified atom stereocenters. The summed E-state index contributed by atoms with van der Waals surface area (Å²) in [5.41, 5.74) is 3.36. The van der Waals surface area contributed by atoms with Gasteiger partial charge in [0.05, 0.1) is 17.2 Å². The standard InChI is InChI=1S/C27H18N2/c1-2-9-20-17-25-21(16-19(20)8-1)10-7-11-22(25)18-28-29-26-14-5-3-12-23(26)24-13-4-6-15-27(24)29/h1-18H. The molecule has 0 amide bonds. The summed E-state index contributed by atoms with van der Waals surface area (Å²) in [5.74, 6) is 0. The third-order valence-electron chi connectivity index (χ3n) is 5.65. The van der Waals surface area contributed by atoms with Crippen molar-refractivity contribution in [2.45, 2.75) is 0 Å². The monoisotopic (exact) mass is 370 g/mol. The Labute approximate surface area is 168 Å². The number of hydrogen-bond donors (Lipinski definition) is 0. The highest BCUT2D eigenvalue weighted by Gasteiger charge is 2.08. The molecule has 0 spiro atoms. The van der Waals surface area contributed by atoms with E-state index in [4.69, 9.17) is 5.10 Å². The Balaban J connectivity index is 1.57. The average molecular weight is 370 g/mol. The van der Waals surface area contributed by atoms with Gasteiger partial charge in [-0.05, 0) is 45.8 Å². The summed E-state index contributed by atoms with van der Waals surface area (Å²) in [6, 6.07) is 36.3.